The molecular weight excluding hydrogens is 474 g/mol. The van der Waals surface area contributed by atoms with Crippen molar-refractivity contribution in [3.63, 3.8) is 0 Å². The Morgan fingerprint density at radius 1 is 1.32 bits per heavy atom. The molecule has 1 aromatic carbocycles. The monoisotopic (exact) mass is 506 g/mol. The van der Waals surface area contributed by atoms with Gasteiger partial charge in [-0.2, -0.15) is 0 Å². The van der Waals surface area contributed by atoms with Gasteiger partial charge in [0.25, 0.3) is 0 Å². The first-order chi connectivity index (χ1) is 13.1. The van der Waals surface area contributed by atoms with Crippen molar-refractivity contribution in [1.29, 1.82) is 0 Å². The second-order valence-electron chi connectivity index (χ2n) is 6.83. The molecule has 0 radical (unpaired) electrons. The molecule has 0 spiro atoms. The number of nitrogens with one attached hydrogen (secondary N) is 3. The Labute approximate surface area is 184 Å². The summed E-state index contributed by atoms with van der Waals surface area (Å²) < 4.78 is 18.9. The molecule has 1 atom stereocenters. The lowest BCUT2D eigenvalue weighted by Crippen LogP contribution is -2.41. The maximum Gasteiger partial charge on any atom is 0.221 e. The summed E-state index contributed by atoms with van der Waals surface area (Å²) in [5, 5.41) is 9.39. The minimum absolute atomic E-state index is 0. The number of nitrogens with zero attached hydrogens (tertiary/aromatic N) is 1. The summed E-state index contributed by atoms with van der Waals surface area (Å²) in [4.78, 5) is 16.4. The highest BCUT2D eigenvalue weighted by Gasteiger charge is 2.16. The molecule has 1 amide bonds. The van der Waals surface area contributed by atoms with Crippen molar-refractivity contribution < 1.29 is 13.9 Å². The van der Waals surface area contributed by atoms with Crippen molar-refractivity contribution >= 4 is 35.8 Å². The van der Waals surface area contributed by atoms with E-state index < -0.39 is 0 Å². The molecule has 1 aliphatic carbocycles. The minimum Gasteiger partial charge on any atom is -0.489 e. The number of hydrogen-bond acceptors (Lipinski definition) is 3. The first kappa shape index (κ1) is 24.5. The van der Waals surface area contributed by atoms with E-state index in [9.17, 15) is 9.18 Å². The van der Waals surface area contributed by atoms with Gasteiger partial charge in [-0.15, -0.1) is 24.0 Å². The molecule has 0 aromatic heterocycles. The zero-order chi connectivity index (χ0) is 19.5. The number of aliphatic imine (C=N–C) groups is 1. The Balaban J connectivity index is 0.00000392. The van der Waals surface area contributed by atoms with Crippen LogP contribution < -0.4 is 20.7 Å². The molecule has 1 unspecified atom stereocenters. The number of carbonyl (C=O) groups excluding carboxylic acids is 1. The summed E-state index contributed by atoms with van der Waals surface area (Å²) in [5.41, 5.74) is 0. The van der Waals surface area contributed by atoms with Gasteiger partial charge in [0, 0.05) is 31.6 Å². The Kier molecular flexibility index (Phi) is 11.9. The van der Waals surface area contributed by atoms with E-state index in [1.54, 1.807) is 12.1 Å². The summed E-state index contributed by atoms with van der Waals surface area (Å²) in [6.07, 6.45) is 4.80. The third-order valence-electron chi connectivity index (χ3n) is 4.35. The third kappa shape index (κ3) is 9.57. The molecule has 28 heavy (non-hydrogen) atoms. The lowest BCUT2D eigenvalue weighted by molar-refractivity contribution is -0.121. The van der Waals surface area contributed by atoms with Crippen LogP contribution in [0.15, 0.2) is 29.3 Å². The van der Waals surface area contributed by atoms with Crippen LogP contribution in [0.1, 0.15) is 46.0 Å². The topological polar surface area (TPSA) is 74.8 Å². The van der Waals surface area contributed by atoms with E-state index in [1.807, 2.05) is 13.8 Å². The fraction of sp³-hybridized carbons (Fsp3) is 0.600. The lowest BCUT2D eigenvalue weighted by Gasteiger charge is -2.16. The first-order valence-electron chi connectivity index (χ1n) is 9.80. The molecule has 1 aliphatic rings. The molecule has 0 bridgehead atoms. The van der Waals surface area contributed by atoms with Crippen molar-refractivity contribution in [2.45, 2.75) is 58.1 Å². The first-order valence-corrected chi connectivity index (χ1v) is 9.80. The van der Waals surface area contributed by atoms with E-state index >= 15 is 0 Å². The lowest BCUT2D eigenvalue weighted by atomic mass is 10.2. The van der Waals surface area contributed by atoms with Gasteiger partial charge in [-0.25, -0.2) is 9.38 Å². The number of benzene rings is 1. The number of guanidine groups is 1. The van der Waals surface area contributed by atoms with E-state index in [0.717, 1.165) is 19.4 Å². The molecule has 3 N–H and O–H groups in total. The van der Waals surface area contributed by atoms with Gasteiger partial charge in [0.1, 0.15) is 17.7 Å². The molecule has 1 fully saturated rings. The van der Waals surface area contributed by atoms with Crippen LogP contribution in [0.5, 0.6) is 5.75 Å². The smallest absolute Gasteiger partial charge is 0.221 e. The SMILES string of the molecule is CCNC(=NCC(C)Oc1cccc(F)c1)NCCC(=O)NC1CCCC1.I. The Morgan fingerprint density at radius 3 is 2.75 bits per heavy atom. The van der Waals surface area contributed by atoms with Crippen molar-refractivity contribution in [2.24, 2.45) is 4.99 Å². The maximum atomic E-state index is 13.2. The zero-order valence-corrected chi connectivity index (χ0v) is 19.0. The number of rotatable bonds is 9. The average molecular weight is 506 g/mol. The summed E-state index contributed by atoms with van der Waals surface area (Å²) in [6.45, 7) is 5.52. The molecule has 2 rings (SSSR count). The molecule has 1 saturated carbocycles. The van der Waals surface area contributed by atoms with E-state index in [-0.39, 0.29) is 41.8 Å². The standard InChI is InChI=1S/C20H31FN4O2.HI/c1-3-22-20(23-12-11-19(26)25-17-8-4-5-9-17)24-14-15(2)27-18-10-6-7-16(21)13-18;/h6-7,10,13,15,17H,3-5,8-9,11-12,14H2,1-2H3,(H,25,26)(H2,22,23,24);1H. The van der Waals surface area contributed by atoms with Crippen LogP contribution in [0.25, 0.3) is 0 Å². The van der Waals surface area contributed by atoms with Gasteiger partial charge in [-0.3, -0.25) is 4.79 Å². The predicted molar refractivity (Wildman–Crippen MR) is 121 cm³/mol. The second-order valence-corrected chi connectivity index (χ2v) is 6.83. The Hall–Kier alpha value is -1.58. The van der Waals surface area contributed by atoms with Crippen LogP contribution in [-0.4, -0.2) is 43.6 Å². The van der Waals surface area contributed by atoms with Gasteiger partial charge in [0.05, 0.1) is 6.54 Å². The van der Waals surface area contributed by atoms with Crippen molar-refractivity contribution in [1.82, 2.24) is 16.0 Å². The molecule has 0 heterocycles. The minimum atomic E-state index is -0.325. The van der Waals surface area contributed by atoms with Crippen LogP contribution in [-0.2, 0) is 4.79 Å². The van der Waals surface area contributed by atoms with E-state index in [1.165, 1.54) is 25.0 Å². The summed E-state index contributed by atoms with van der Waals surface area (Å²) in [7, 11) is 0. The second kappa shape index (κ2) is 13.6. The fourth-order valence-electron chi connectivity index (χ4n) is 3.04. The number of halogens is 2. The highest BCUT2D eigenvalue weighted by molar-refractivity contribution is 14.0. The van der Waals surface area contributed by atoms with Gasteiger partial charge in [-0.1, -0.05) is 18.9 Å². The largest absolute Gasteiger partial charge is 0.489 e. The molecule has 6 nitrogen and oxygen atoms in total. The molecule has 0 saturated heterocycles. The predicted octanol–water partition coefficient (Wildman–Crippen LogP) is 3.22. The molecule has 158 valence electrons. The van der Waals surface area contributed by atoms with E-state index in [2.05, 4.69) is 20.9 Å². The summed E-state index contributed by atoms with van der Waals surface area (Å²) in [5.74, 6) is 0.877. The fourth-order valence-corrected chi connectivity index (χ4v) is 3.04. The molecule has 8 heteroatoms. The normalized spacial score (nSPS) is 15.5. The van der Waals surface area contributed by atoms with Crippen molar-refractivity contribution in [3.05, 3.63) is 30.1 Å². The van der Waals surface area contributed by atoms with Crippen molar-refractivity contribution in [3.8, 4) is 5.75 Å². The van der Waals surface area contributed by atoms with Gasteiger partial charge in [0.15, 0.2) is 5.96 Å². The van der Waals surface area contributed by atoms with Crippen LogP contribution >= 0.6 is 24.0 Å². The van der Waals surface area contributed by atoms with Crippen LogP contribution in [0.3, 0.4) is 0 Å². The van der Waals surface area contributed by atoms with Crippen LogP contribution in [0.4, 0.5) is 4.39 Å². The van der Waals surface area contributed by atoms with Crippen LogP contribution in [0, 0.1) is 5.82 Å². The molecule has 0 aliphatic heterocycles. The number of ether oxygens (including phenoxy) is 1. The highest BCUT2D eigenvalue weighted by atomic mass is 127. The maximum absolute atomic E-state index is 13.2. The van der Waals surface area contributed by atoms with Gasteiger partial charge in [0.2, 0.25) is 5.91 Å². The van der Waals surface area contributed by atoms with Crippen molar-refractivity contribution in [2.75, 3.05) is 19.6 Å². The molecule has 1 aromatic rings. The van der Waals surface area contributed by atoms with E-state index in [0.29, 0.717) is 37.3 Å². The number of amides is 1. The van der Waals surface area contributed by atoms with E-state index in [4.69, 9.17) is 4.74 Å². The van der Waals surface area contributed by atoms with Gasteiger partial charge < -0.3 is 20.7 Å². The number of carbonyl (C=O) groups is 1. The highest BCUT2D eigenvalue weighted by Crippen LogP contribution is 2.17. The zero-order valence-electron chi connectivity index (χ0n) is 16.7. The molecular formula is C20H32FIN4O2. The number of hydrogen-bond donors (Lipinski definition) is 3. The van der Waals surface area contributed by atoms with Gasteiger partial charge >= 0.3 is 0 Å². The van der Waals surface area contributed by atoms with Crippen LogP contribution in [0.2, 0.25) is 0 Å². The average Bonchev–Trinajstić information content (AvgIpc) is 3.12. The quantitative estimate of drug-likeness (QED) is 0.273. The Morgan fingerprint density at radius 2 is 2.07 bits per heavy atom. The Bertz CT molecular complexity index is 624. The summed E-state index contributed by atoms with van der Waals surface area (Å²) >= 11 is 0. The van der Waals surface area contributed by atoms with Gasteiger partial charge in [-0.05, 0) is 38.8 Å². The third-order valence-corrected chi connectivity index (χ3v) is 4.35. The summed E-state index contributed by atoms with van der Waals surface area (Å²) in [6, 6.07) is 6.41.